The second kappa shape index (κ2) is 5.03. The molecule has 0 unspecified atom stereocenters. The van der Waals surface area contributed by atoms with E-state index in [9.17, 15) is 0 Å². The minimum absolute atomic E-state index is 0.348. The highest BCUT2D eigenvalue weighted by molar-refractivity contribution is 5.38. The van der Waals surface area contributed by atoms with Crippen LogP contribution in [0, 0.1) is 16.7 Å². The van der Waals surface area contributed by atoms with Crippen LogP contribution in [0.2, 0.25) is 0 Å². The highest BCUT2D eigenvalue weighted by Crippen LogP contribution is 2.28. The van der Waals surface area contributed by atoms with Crippen LogP contribution in [-0.4, -0.2) is 7.11 Å². The third kappa shape index (κ3) is 3.00. The predicted molar refractivity (Wildman–Crippen MR) is 65.5 cm³/mol. The number of benzene rings is 1. The van der Waals surface area contributed by atoms with E-state index in [-0.39, 0.29) is 5.41 Å². The smallest absolute Gasteiger partial charge is 0.122 e. The van der Waals surface area contributed by atoms with Gasteiger partial charge in [0.05, 0.1) is 18.6 Å². The van der Waals surface area contributed by atoms with Crippen LogP contribution in [0.1, 0.15) is 31.9 Å². The zero-order valence-electron chi connectivity index (χ0n) is 10.5. The molecule has 0 N–H and O–H groups in total. The number of aryl methyl sites for hydroxylation is 1. The molecule has 1 aromatic rings. The number of rotatable bonds is 4. The lowest BCUT2D eigenvalue weighted by atomic mass is 9.86. The standard InChI is InChI=1S/C14H19NO/c1-5-11-6-7-13(16-4)12(8-11)9-14(2,3)10-15/h6-8H,5,9H2,1-4H3. The van der Waals surface area contributed by atoms with E-state index in [1.165, 1.54) is 5.56 Å². The van der Waals surface area contributed by atoms with Gasteiger partial charge in [-0.2, -0.15) is 5.26 Å². The van der Waals surface area contributed by atoms with Crippen molar-refractivity contribution in [3.8, 4) is 11.8 Å². The average molecular weight is 217 g/mol. The summed E-state index contributed by atoms with van der Waals surface area (Å²) in [5.74, 6) is 0.875. The van der Waals surface area contributed by atoms with Gasteiger partial charge in [0.1, 0.15) is 5.75 Å². The molecule has 0 aromatic heterocycles. The summed E-state index contributed by atoms with van der Waals surface area (Å²) in [5.41, 5.74) is 2.05. The van der Waals surface area contributed by atoms with Crippen molar-refractivity contribution in [3.05, 3.63) is 29.3 Å². The van der Waals surface area contributed by atoms with Crippen molar-refractivity contribution in [2.75, 3.05) is 7.11 Å². The topological polar surface area (TPSA) is 33.0 Å². The Morgan fingerprint density at radius 3 is 2.56 bits per heavy atom. The molecule has 0 atom stereocenters. The monoisotopic (exact) mass is 217 g/mol. The molecule has 2 nitrogen and oxygen atoms in total. The normalized spacial score (nSPS) is 10.9. The van der Waals surface area contributed by atoms with Crippen molar-refractivity contribution in [3.63, 3.8) is 0 Å². The van der Waals surface area contributed by atoms with Crippen LogP contribution in [0.25, 0.3) is 0 Å². The average Bonchev–Trinajstić information content (AvgIpc) is 2.28. The van der Waals surface area contributed by atoms with Crippen molar-refractivity contribution in [2.45, 2.75) is 33.6 Å². The van der Waals surface area contributed by atoms with Crippen LogP contribution in [0.15, 0.2) is 18.2 Å². The van der Waals surface area contributed by atoms with Crippen LogP contribution in [-0.2, 0) is 12.8 Å². The lowest BCUT2D eigenvalue weighted by Gasteiger charge is -2.18. The Labute approximate surface area is 97.9 Å². The summed E-state index contributed by atoms with van der Waals surface area (Å²) in [6.07, 6.45) is 1.73. The van der Waals surface area contributed by atoms with Gasteiger partial charge in [0.25, 0.3) is 0 Å². The Balaban J connectivity index is 3.06. The lowest BCUT2D eigenvalue weighted by Crippen LogP contribution is -2.12. The van der Waals surface area contributed by atoms with Crippen LogP contribution < -0.4 is 4.74 Å². The molecule has 1 rings (SSSR count). The Morgan fingerprint density at radius 1 is 1.38 bits per heavy atom. The molecule has 86 valence electrons. The molecule has 1 aromatic carbocycles. The molecule has 0 bridgehead atoms. The van der Waals surface area contributed by atoms with Crippen molar-refractivity contribution in [1.82, 2.24) is 0 Å². The quantitative estimate of drug-likeness (QED) is 0.774. The van der Waals surface area contributed by atoms with Gasteiger partial charge in [0.2, 0.25) is 0 Å². The number of methoxy groups -OCH3 is 1. The van der Waals surface area contributed by atoms with Gasteiger partial charge >= 0.3 is 0 Å². The van der Waals surface area contributed by atoms with Gasteiger partial charge in [0.15, 0.2) is 0 Å². The van der Waals surface area contributed by atoms with Crippen molar-refractivity contribution in [2.24, 2.45) is 5.41 Å². The maximum atomic E-state index is 9.05. The van der Waals surface area contributed by atoms with E-state index in [1.54, 1.807) is 7.11 Å². The Hall–Kier alpha value is -1.49. The first-order chi connectivity index (χ1) is 7.52. The number of hydrogen-bond acceptors (Lipinski definition) is 2. The van der Waals surface area contributed by atoms with E-state index in [1.807, 2.05) is 19.9 Å². The Kier molecular flexibility index (Phi) is 3.95. The first kappa shape index (κ1) is 12.6. The zero-order valence-corrected chi connectivity index (χ0v) is 10.5. The fourth-order valence-electron chi connectivity index (χ4n) is 1.71. The van der Waals surface area contributed by atoms with Gasteiger partial charge < -0.3 is 4.74 Å². The number of hydrogen-bond donors (Lipinski definition) is 0. The molecule has 0 saturated carbocycles. The zero-order chi connectivity index (χ0) is 12.2. The molecule has 0 aliphatic rings. The molecule has 2 heteroatoms. The van der Waals surface area contributed by atoms with E-state index in [0.717, 1.165) is 24.2 Å². The van der Waals surface area contributed by atoms with E-state index in [0.29, 0.717) is 0 Å². The van der Waals surface area contributed by atoms with Gasteiger partial charge in [0, 0.05) is 0 Å². The van der Waals surface area contributed by atoms with Crippen LogP contribution in [0.5, 0.6) is 5.75 Å². The summed E-state index contributed by atoms with van der Waals surface area (Å²) in [7, 11) is 1.67. The summed E-state index contributed by atoms with van der Waals surface area (Å²) < 4.78 is 5.33. The molecule has 0 heterocycles. The van der Waals surface area contributed by atoms with Gasteiger partial charge in [-0.1, -0.05) is 19.1 Å². The summed E-state index contributed by atoms with van der Waals surface area (Å²) in [4.78, 5) is 0. The second-order valence-electron chi connectivity index (χ2n) is 4.67. The van der Waals surface area contributed by atoms with Gasteiger partial charge in [-0.05, 0) is 43.9 Å². The van der Waals surface area contributed by atoms with Crippen LogP contribution in [0.3, 0.4) is 0 Å². The maximum Gasteiger partial charge on any atom is 0.122 e. The number of ether oxygens (including phenoxy) is 1. The summed E-state index contributed by atoms with van der Waals surface area (Å²) in [6.45, 7) is 6.02. The second-order valence-corrected chi connectivity index (χ2v) is 4.67. The number of nitriles is 1. The van der Waals surface area contributed by atoms with E-state index in [4.69, 9.17) is 10.00 Å². The molecule has 0 saturated heterocycles. The molecule has 0 amide bonds. The van der Waals surface area contributed by atoms with E-state index >= 15 is 0 Å². The summed E-state index contributed by atoms with van der Waals surface area (Å²) in [6, 6.07) is 8.52. The maximum absolute atomic E-state index is 9.05. The minimum Gasteiger partial charge on any atom is -0.496 e. The van der Waals surface area contributed by atoms with Crippen LogP contribution in [0.4, 0.5) is 0 Å². The van der Waals surface area contributed by atoms with Gasteiger partial charge in [-0.15, -0.1) is 0 Å². The predicted octanol–water partition coefficient (Wildman–Crippen LogP) is 3.35. The lowest BCUT2D eigenvalue weighted by molar-refractivity contribution is 0.399. The molecule has 0 aliphatic carbocycles. The van der Waals surface area contributed by atoms with Gasteiger partial charge in [-0.3, -0.25) is 0 Å². The molecule has 0 aliphatic heterocycles. The van der Waals surface area contributed by atoms with Crippen molar-refractivity contribution < 1.29 is 4.74 Å². The highest BCUT2D eigenvalue weighted by Gasteiger charge is 2.19. The first-order valence-corrected chi connectivity index (χ1v) is 5.59. The SMILES string of the molecule is CCc1ccc(OC)c(CC(C)(C)C#N)c1. The largest absolute Gasteiger partial charge is 0.496 e. The molecular weight excluding hydrogens is 198 g/mol. The highest BCUT2D eigenvalue weighted by atomic mass is 16.5. The molecule has 0 fully saturated rings. The molecule has 0 radical (unpaired) electrons. The van der Waals surface area contributed by atoms with Crippen molar-refractivity contribution in [1.29, 1.82) is 5.26 Å². The Bertz CT molecular complexity index is 402. The first-order valence-electron chi connectivity index (χ1n) is 5.59. The summed E-state index contributed by atoms with van der Waals surface area (Å²) >= 11 is 0. The van der Waals surface area contributed by atoms with Crippen molar-refractivity contribution >= 4 is 0 Å². The minimum atomic E-state index is -0.348. The third-order valence-corrected chi connectivity index (χ3v) is 2.69. The van der Waals surface area contributed by atoms with E-state index < -0.39 is 0 Å². The fourth-order valence-corrected chi connectivity index (χ4v) is 1.71. The number of nitrogens with zero attached hydrogens (tertiary/aromatic N) is 1. The van der Waals surface area contributed by atoms with Crippen LogP contribution >= 0.6 is 0 Å². The van der Waals surface area contributed by atoms with E-state index in [2.05, 4.69) is 25.1 Å². The molecule has 16 heavy (non-hydrogen) atoms. The fraction of sp³-hybridized carbons (Fsp3) is 0.500. The summed E-state index contributed by atoms with van der Waals surface area (Å²) in [5, 5.41) is 9.05. The molecule has 0 spiro atoms. The molecular formula is C14H19NO. The third-order valence-electron chi connectivity index (χ3n) is 2.69. The Morgan fingerprint density at radius 2 is 2.06 bits per heavy atom. The van der Waals surface area contributed by atoms with Gasteiger partial charge in [-0.25, -0.2) is 0 Å².